The predicted molar refractivity (Wildman–Crippen MR) is 133 cm³/mol. The lowest BCUT2D eigenvalue weighted by molar-refractivity contribution is 0.102. The van der Waals surface area contributed by atoms with Crippen LogP contribution >= 0.6 is 11.3 Å². The van der Waals surface area contributed by atoms with Gasteiger partial charge >= 0.3 is 0 Å². The van der Waals surface area contributed by atoms with Crippen molar-refractivity contribution in [2.75, 3.05) is 29.0 Å². The van der Waals surface area contributed by atoms with Crippen molar-refractivity contribution < 1.29 is 18.0 Å². The Balaban J connectivity index is 1.62. The molecule has 1 aliphatic heterocycles. The second-order valence-corrected chi connectivity index (χ2v) is 9.85. The molecule has 7 nitrogen and oxygen atoms in total. The van der Waals surface area contributed by atoms with E-state index < -0.39 is 24.7 Å². The summed E-state index contributed by atoms with van der Waals surface area (Å²) in [6, 6.07) is 4.63. The Bertz CT molecular complexity index is 1190. The van der Waals surface area contributed by atoms with Gasteiger partial charge in [0.1, 0.15) is 28.1 Å². The average Bonchev–Trinajstić information content (AvgIpc) is 3.29. The number of carbonyl (C=O) groups excluding carboxylic acids is 1. The molecule has 3 heterocycles. The minimum atomic E-state index is -2.59. The summed E-state index contributed by atoms with van der Waals surface area (Å²) in [6.07, 6.45) is 2.80. The number of carbonyl (C=O) groups is 1. The van der Waals surface area contributed by atoms with Gasteiger partial charge in [0.15, 0.2) is 11.5 Å². The van der Waals surface area contributed by atoms with Gasteiger partial charge in [0, 0.05) is 18.7 Å². The number of alkyl halides is 2. The van der Waals surface area contributed by atoms with E-state index >= 15 is 0 Å². The molecule has 1 aliphatic rings. The van der Waals surface area contributed by atoms with Crippen LogP contribution in [0.5, 0.6) is 0 Å². The first-order valence-electron chi connectivity index (χ1n) is 11.7. The molecule has 0 aliphatic carbocycles. The van der Waals surface area contributed by atoms with Crippen LogP contribution in [-0.4, -0.2) is 40.2 Å². The number of hydrogen-bond acceptors (Lipinski definition) is 6. The minimum absolute atomic E-state index is 0.0413. The molecule has 0 unspecified atom stereocenters. The van der Waals surface area contributed by atoms with Gasteiger partial charge in [-0.1, -0.05) is 36.3 Å². The van der Waals surface area contributed by atoms with Gasteiger partial charge in [-0.15, -0.1) is 0 Å². The summed E-state index contributed by atoms with van der Waals surface area (Å²) in [5.74, 6) is -0.0236. The maximum Gasteiger partial charge on any atom is 0.277 e. The molecule has 188 valence electrons. The van der Waals surface area contributed by atoms with E-state index in [1.165, 1.54) is 16.9 Å². The van der Waals surface area contributed by atoms with E-state index in [0.717, 1.165) is 42.6 Å². The second kappa shape index (κ2) is 10.7. The smallest absolute Gasteiger partial charge is 0.277 e. The summed E-state index contributed by atoms with van der Waals surface area (Å²) in [5, 5.41) is 7.31. The zero-order valence-corrected chi connectivity index (χ0v) is 20.5. The van der Waals surface area contributed by atoms with Gasteiger partial charge < -0.3 is 16.0 Å². The fraction of sp³-hybridized carbons (Fsp3) is 0.458. The van der Waals surface area contributed by atoms with Crippen LogP contribution in [0.1, 0.15) is 48.7 Å². The van der Waals surface area contributed by atoms with Crippen molar-refractivity contribution in [3.63, 3.8) is 0 Å². The van der Waals surface area contributed by atoms with Crippen molar-refractivity contribution in [1.29, 1.82) is 0 Å². The van der Waals surface area contributed by atoms with Crippen molar-refractivity contribution in [2.45, 2.75) is 52.5 Å². The summed E-state index contributed by atoms with van der Waals surface area (Å²) < 4.78 is 42.1. The van der Waals surface area contributed by atoms with Crippen molar-refractivity contribution in [1.82, 2.24) is 14.8 Å². The summed E-state index contributed by atoms with van der Waals surface area (Å²) in [5.41, 5.74) is 7.46. The molecule has 1 aromatic carbocycles. The van der Waals surface area contributed by atoms with Crippen LogP contribution in [0.3, 0.4) is 0 Å². The molecular formula is C24H29F3N6OS. The van der Waals surface area contributed by atoms with E-state index in [2.05, 4.69) is 22.3 Å². The number of thiazole rings is 1. The highest BCUT2D eigenvalue weighted by Crippen LogP contribution is 2.34. The number of rotatable bonds is 7. The normalized spacial score (nSPS) is 16.5. The summed E-state index contributed by atoms with van der Waals surface area (Å²) >= 11 is 1.02. The molecule has 2 aromatic heterocycles. The zero-order valence-electron chi connectivity index (χ0n) is 19.7. The molecule has 11 heteroatoms. The highest BCUT2D eigenvalue weighted by molar-refractivity contribution is 7.19. The van der Waals surface area contributed by atoms with Crippen LogP contribution in [0, 0.1) is 18.7 Å². The first kappa shape index (κ1) is 25.0. The third kappa shape index (κ3) is 5.61. The van der Waals surface area contributed by atoms with Crippen LogP contribution in [0.15, 0.2) is 24.4 Å². The van der Waals surface area contributed by atoms with Gasteiger partial charge in [0.05, 0.1) is 6.20 Å². The molecular weight excluding hydrogens is 477 g/mol. The quantitative estimate of drug-likeness (QED) is 0.437. The fourth-order valence-corrected chi connectivity index (χ4v) is 5.29. The Kier molecular flexibility index (Phi) is 7.63. The van der Waals surface area contributed by atoms with Crippen LogP contribution < -0.4 is 16.0 Å². The first-order valence-corrected chi connectivity index (χ1v) is 12.5. The maximum absolute atomic E-state index is 14.3. The third-order valence-corrected chi connectivity index (χ3v) is 7.23. The molecule has 0 radical (unpaired) electrons. The number of nitrogens with two attached hydrogens (primary N) is 1. The number of nitrogens with zero attached hydrogens (tertiary/aromatic N) is 4. The summed E-state index contributed by atoms with van der Waals surface area (Å²) in [6.45, 7) is 4.78. The van der Waals surface area contributed by atoms with Crippen molar-refractivity contribution in [3.8, 4) is 10.6 Å². The van der Waals surface area contributed by atoms with Gasteiger partial charge in [-0.05, 0) is 44.2 Å². The van der Waals surface area contributed by atoms with Gasteiger partial charge in [-0.25, -0.2) is 22.8 Å². The number of aromatic nitrogens is 3. The maximum atomic E-state index is 14.3. The molecule has 0 spiro atoms. The third-order valence-electron chi connectivity index (χ3n) is 6.32. The van der Waals surface area contributed by atoms with Gasteiger partial charge in [-0.2, -0.15) is 5.10 Å². The summed E-state index contributed by atoms with van der Waals surface area (Å²) in [7, 11) is 0. The van der Waals surface area contributed by atoms with Crippen molar-refractivity contribution in [2.24, 2.45) is 5.92 Å². The number of aryl methyl sites for hydroxylation is 1. The Morgan fingerprint density at radius 1 is 1.31 bits per heavy atom. The second-order valence-electron chi connectivity index (χ2n) is 8.82. The monoisotopic (exact) mass is 506 g/mol. The van der Waals surface area contributed by atoms with Crippen LogP contribution in [0.4, 0.5) is 29.7 Å². The number of nitrogen functional groups attached to an aromatic ring is 1. The summed E-state index contributed by atoms with van der Waals surface area (Å²) in [4.78, 5) is 19.4. The van der Waals surface area contributed by atoms with E-state index in [1.807, 2.05) is 11.8 Å². The molecule has 4 rings (SSSR count). The SMILES string of the molecule is CC[C@H]1CCCN(c2c(NC(=O)c3nc(-c4cc(C)ccc4F)sc3N)cnn2CC(F)F)CC1. The molecule has 0 saturated carbocycles. The molecule has 35 heavy (non-hydrogen) atoms. The molecule has 1 saturated heterocycles. The van der Waals surface area contributed by atoms with Crippen molar-refractivity contribution in [3.05, 3.63) is 41.5 Å². The van der Waals surface area contributed by atoms with Gasteiger partial charge in [0.2, 0.25) is 0 Å². The lowest BCUT2D eigenvalue weighted by Gasteiger charge is -2.25. The van der Waals surface area contributed by atoms with Crippen LogP contribution in [0.25, 0.3) is 10.6 Å². The predicted octanol–water partition coefficient (Wildman–Crippen LogP) is 5.57. The first-order chi connectivity index (χ1) is 16.8. The van der Waals surface area contributed by atoms with Gasteiger partial charge in [0.25, 0.3) is 12.3 Å². The van der Waals surface area contributed by atoms with E-state index in [0.29, 0.717) is 35.5 Å². The number of halogens is 3. The molecule has 1 fully saturated rings. The lowest BCUT2D eigenvalue weighted by Crippen LogP contribution is -2.29. The zero-order chi connectivity index (χ0) is 25.1. The Morgan fingerprint density at radius 2 is 2.11 bits per heavy atom. The molecule has 1 atom stereocenters. The number of benzene rings is 1. The Morgan fingerprint density at radius 3 is 2.86 bits per heavy atom. The highest BCUT2D eigenvalue weighted by atomic mass is 32.1. The molecule has 1 amide bonds. The van der Waals surface area contributed by atoms with E-state index in [9.17, 15) is 18.0 Å². The number of nitrogens with one attached hydrogen (secondary N) is 1. The highest BCUT2D eigenvalue weighted by Gasteiger charge is 2.26. The standard InChI is InChI=1S/C24H29F3N6OS/c1-3-15-5-4-9-32(10-8-15)24-18(12-29-33(24)13-19(26)27)30-22(34)20-21(28)35-23(31-20)16-11-14(2)6-7-17(16)25/h6-7,11-12,15,19H,3-5,8-10,13,28H2,1-2H3,(H,30,34)/t15-/m0/s1. The largest absolute Gasteiger partial charge is 0.389 e. The van der Waals surface area contributed by atoms with E-state index in [1.54, 1.807) is 12.1 Å². The lowest BCUT2D eigenvalue weighted by atomic mass is 9.98. The van der Waals surface area contributed by atoms with Crippen LogP contribution in [-0.2, 0) is 6.54 Å². The molecule has 3 N–H and O–H groups in total. The van der Waals surface area contributed by atoms with Crippen molar-refractivity contribution >= 4 is 33.8 Å². The number of anilines is 3. The topological polar surface area (TPSA) is 89.1 Å². The number of amides is 1. The van der Waals surface area contributed by atoms with E-state index in [4.69, 9.17) is 5.73 Å². The Labute approximate surface area is 206 Å². The average molecular weight is 507 g/mol. The Hall–Kier alpha value is -3.08. The molecule has 3 aromatic rings. The van der Waals surface area contributed by atoms with E-state index in [-0.39, 0.29) is 16.3 Å². The fourth-order valence-electron chi connectivity index (χ4n) is 4.44. The minimum Gasteiger partial charge on any atom is -0.389 e. The van der Waals surface area contributed by atoms with Gasteiger partial charge in [-0.3, -0.25) is 4.79 Å². The number of hydrogen-bond donors (Lipinski definition) is 2. The molecule has 0 bridgehead atoms. The van der Waals surface area contributed by atoms with Crippen LogP contribution in [0.2, 0.25) is 0 Å².